The minimum absolute atomic E-state index is 0.0527. The third-order valence-electron chi connectivity index (χ3n) is 3.74. The number of anilines is 1. The summed E-state index contributed by atoms with van der Waals surface area (Å²) in [5.74, 6) is -0.357. The van der Waals surface area contributed by atoms with Crippen LogP contribution in [-0.4, -0.2) is 27.6 Å². The van der Waals surface area contributed by atoms with Gasteiger partial charge in [-0.2, -0.15) is 0 Å². The molecule has 5 nitrogen and oxygen atoms in total. The van der Waals surface area contributed by atoms with E-state index < -0.39 is 5.97 Å². The van der Waals surface area contributed by atoms with Gasteiger partial charge in [-0.05, 0) is 36.6 Å². The minimum atomic E-state index is -1.03. The topological polar surface area (TPSA) is 66.3 Å². The minimum Gasteiger partial charge on any atom is -0.476 e. The Balaban J connectivity index is 1.96. The molecule has 0 saturated carbocycles. The van der Waals surface area contributed by atoms with Gasteiger partial charge in [0.25, 0.3) is 0 Å². The van der Waals surface area contributed by atoms with E-state index in [2.05, 4.69) is 14.9 Å². The van der Waals surface area contributed by atoms with Gasteiger partial charge in [0.2, 0.25) is 0 Å². The quantitative estimate of drug-likeness (QED) is 0.924. The van der Waals surface area contributed by atoms with E-state index in [4.69, 9.17) is 16.7 Å². The van der Waals surface area contributed by atoms with Crippen LogP contribution in [0.15, 0.2) is 24.5 Å². The predicted molar refractivity (Wildman–Crippen MR) is 79.9 cm³/mol. The van der Waals surface area contributed by atoms with Crippen LogP contribution in [0.2, 0.25) is 5.02 Å². The first-order chi connectivity index (χ1) is 10.1. The highest BCUT2D eigenvalue weighted by Crippen LogP contribution is 2.27. The summed E-state index contributed by atoms with van der Waals surface area (Å²) in [6, 6.07) is 5.90. The number of aromatic nitrogens is 2. The fourth-order valence-corrected chi connectivity index (χ4v) is 2.88. The first-order valence-electron chi connectivity index (χ1n) is 6.63. The molecule has 6 heteroatoms. The maximum atomic E-state index is 11.2. The van der Waals surface area contributed by atoms with E-state index in [1.807, 2.05) is 18.2 Å². The third kappa shape index (κ3) is 2.56. The van der Waals surface area contributed by atoms with E-state index in [-0.39, 0.29) is 5.69 Å². The van der Waals surface area contributed by atoms with Crippen LogP contribution in [0.5, 0.6) is 0 Å². The second kappa shape index (κ2) is 5.33. The Morgan fingerprint density at radius 3 is 2.90 bits per heavy atom. The molecule has 0 bridgehead atoms. The Hall–Kier alpha value is -2.14. The highest BCUT2D eigenvalue weighted by molar-refractivity contribution is 6.30. The van der Waals surface area contributed by atoms with Crippen molar-refractivity contribution >= 4 is 23.4 Å². The van der Waals surface area contributed by atoms with E-state index in [0.717, 1.165) is 18.5 Å². The van der Waals surface area contributed by atoms with Crippen LogP contribution >= 0.6 is 11.6 Å². The zero-order chi connectivity index (χ0) is 15.0. The molecule has 2 aromatic rings. The highest BCUT2D eigenvalue weighted by atomic mass is 35.5. The van der Waals surface area contributed by atoms with E-state index >= 15 is 0 Å². The van der Waals surface area contributed by atoms with E-state index in [9.17, 15) is 4.79 Å². The summed E-state index contributed by atoms with van der Waals surface area (Å²) in [5, 5.41) is 9.87. The number of carboxylic acids is 1. The molecule has 0 aliphatic carbocycles. The van der Waals surface area contributed by atoms with Crippen molar-refractivity contribution < 1.29 is 9.90 Å². The van der Waals surface area contributed by atoms with Gasteiger partial charge in [-0.1, -0.05) is 17.7 Å². The van der Waals surface area contributed by atoms with E-state index in [1.165, 1.54) is 11.9 Å². The van der Waals surface area contributed by atoms with E-state index in [0.29, 0.717) is 22.9 Å². The maximum absolute atomic E-state index is 11.2. The number of fused-ring (bicyclic) bond motifs is 1. The van der Waals surface area contributed by atoms with Crippen LogP contribution in [0, 0.1) is 6.92 Å². The van der Waals surface area contributed by atoms with Crippen LogP contribution < -0.4 is 4.90 Å². The molecule has 1 aliphatic rings. The largest absolute Gasteiger partial charge is 0.476 e. The van der Waals surface area contributed by atoms with Gasteiger partial charge in [-0.3, -0.25) is 0 Å². The second-order valence-corrected chi connectivity index (χ2v) is 5.50. The lowest BCUT2D eigenvalue weighted by atomic mass is 9.99. The molecule has 1 aromatic heterocycles. The summed E-state index contributed by atoms with van der Waals surface area (Å²) < 4.78 is 0. The molecule has 2 heterocycles. The van der Waals surface area contributed by atoms with Gasteiger partial charge in [-0.15, -0.1) is 0 Å². The predicted octanol–water partition coefficient (Wildman–Crippen LogP) is 2.70. The molecular formula is C15H14ClN3O2. The monoisotopic (exact) mass is 303 g/mol. The SMILES string of the molecule is Cc1c(C(=O)O)ncnc1N1CCc2ccc(Cl)cc2C1. The number of benzene rings is 1. The molecule has 1 aliphatic heterocycles. The lowest BCUT2D eigenvalue weighted by molar-refractivity contribution is 0.0689. The van der Waals surface area contributed by atoms with Crippen molar-refractivity contribution in [2.45, 2.75) is 19.9 Å². The third-order valence-corrected chi connectivity index (χ3v) is 3.98. The summed E-state index contributed by atoms with van der Waals surface area (Å²) in [6.07, 6.45) is 2.19. The van der Waals surface area contributed by atoms with Crippen molar-refractivity contribution in [3.8, 4) is 0 Å². The molecule has 3 rings (SSSR count). The van der Waals surface area contributed by atoms with Gasteiger partial charge >= 0.3 is 5.97 Å². The Kier molecular flexibility index (Phi) is 3.51. The molecule has 0 unspecified atom stereocenters. The van der Waals surface area contributed by atoms with Crippen molar-refractivity contribution in [2.75, 3.05) is 11.4 Å². The summed E-state index contributed by atoms with van der Waals surface area (Å²) in [4.78, 5) is 21.3. The van der Waals surface area contributed by atoms with Crippen LogP contribution in [0.4, 0.5) is 5.82 Å². The van der Waals surface area contributed by atoms with Gasteiger partial charge in [-0.25, -0.2) is 14.8 Å². The molecule has 1 aromatic carbocycles. The first-order valence-corrected chi connectivity index (χ1v) is 7.01. The van der Waals surface area contributed by atoms with Crippen LogP contribution in [0.25, 0.3) is 0 Å². The van der Waals surface area contributed by atoms with Gasteiger partial charge in [0.15, 0.2) is 5.69 Å². The lowest BCUT2D eigenvalue weighted by Gasteiger charge is -2.31. The Bertz CT molecular complexity index is 718. The van der Waals surface area contributed by atoms with Crippen molar-refractivity contribution in [3.63, 3.8) is 0 Å². The summed E-state index contributed by atoms with van der Waals surface area (Å²) in [5.41, 5.74) is 3.08. The normalized spacial score (nSPS) is 13.9. The van der Waals surface area contributed by atoms with Crippen LogP contribution in [0.3, 0.4) is 0 Å². The Morgan fingerprint density at radius 1 is 1.33 bits per heavy atom. The van der Waals surface area contributed by atoms with Crippen LogP contribution in [0.1, 0.15) is 27.2 Å². The highest BCUT2D eigenvalue weighted by Gasteiger charge is 2.22. The second-order valence-electron chi connectivity index (χ2n) is 5.06. The first kappa shape index (κ1) is 13.8. The fraction of sp³-hybridized carbons (Fsp3) is 0.267. The molecule has 0 fully saturated rings. The number of rotatable bonds is 2. The summed E-state index contributed by atoms with van der Waals surface area (Å²) in [6.45, 7) is 3.21. The van der Waals surface area contributed by atoms with Crippen LogP contribution in [-0.2, 0) is 13.0 Å². The van der Waals surface area contributed by atoms with E-state index in [1.54, 1.807) is 6.92 Å². The molecule has 0 saturated heterocycles. The average Bonchev–Trinajstić information content (AvgIpc) is 2.46. The van der Waals surface area contributed by atoms with Gasteiger partial charge in [0.05, 0.1) is 0 Å². The van der Waals surface area contributed by atoms with Crippen molar-refractivity contribution in [1.29, 1.82) is 0 Å². The standard InChI is InChI=1S/C15H14ClN3O2/c1-9-13(15(20)21)17-8-18-14(9)19-5-4-10-2-3-12(16)6-11(10)7-19/h2-3,6,8H,4-5,7H2,1H3,(H,20,21). The molecule has 0 radical (unpaired) electrons. The Labute approximate surface area is 127 Å². The number of nitrogens with zero attached hydrogens (tertiary/aromatic N) is 3. The molecule has 0 spiro atoms. The number of carboxylic acid groups (broad SMARTS) is 1. The Morgan fingerprint density at radius 2 is 2.14 bits per heavy atom. The summed E-state index contributed by atoms with van der Waals surface area (Å²) >= 11 is 6.05. The number of carbonyl (C=O) groups is 1. The smallest absolute Gasteiger partial charge is 0.354 e. The fourth-order valence-electron chi connectivity index (χ4n) is 2.68. The molecule has 1 N–H and O–H groups in total. The average molecular weight is 304 g/mol. The molecule has 108 valence electrons. The molecule has 21 heavy (non-hydrogen) atoms. The van der Waals surface area contributed by atoms with Crippen molar-refractivity contribution in [2.24, 2.45) is 0 Å². The van der Waals surface area contributed by atoms with Gasteiger partial charge < -0.3 is 10.0 Å². The van der Waals surface area contributed by atoms with Gasteiger partial charge in [0, 0.05) is 23.7 Å². The summed E-state index contributed by atoms with van der Waals surface area (Å²) in [7, 11) is 0. The molecule has 0 atom stereocenters. The zero-order valence-electron chi connectivity index (χ0n) is 11.5. The molecular weight excluding hydrogens is 290 g/mol. The van der Waals surface area contributed by atoms with Crippen molar-refractivity contribution in [3.05, 3.63) is 51.9 Å². The number of halogens is 1. The van der Waals surface area contributed by atoms with Crippen molar-refractivity contribution in [1.82, 2.24) is 9.97 Å². The number of aromatic carboxylic acids is 1. The number of hydrogen-bond acceptors (Lipinski definition) is 4. The maximum Gasteiger partial charge on any atom is 0.354 e. The van der Waals surface area contributed by atoms with Gasteiger partial charge in [0.1, 0.15) is 12.1 Å². The number of hydrogen-bond donors (Lipinski definition) is 1. The lowest BCUT2D eigenvalue weighted by Crippen LogP contribution is -2.32. The molecule has 0 amide bonds. The zero-order valence-corrected chi connectivity index (χ0v) is 12.3.